The monoisotopic (exact) mass is 384 g/mol. The molecule has 1 N–H and O–H groups in total. The molecule has 0 unspecified atom stereocenters. The van der Waals surface area contributed by atoms with Crippen molar-refractivity contribution in [2.45, 2.75) is 30.7 Å². The van der Waals surface area contributed by atoms with Crippen LogP contribution in [-0.2, 0) is 14.8 Å². The molecule has 0 aromatic heterocycles. The number of carbonyl (C=O) groups excluding carboxylic acids is 1. The Morgan fingerprint density at radius 1 is 1.04 bits per heavy atom. The van der Waals surface area contributed by atoms with Crippen molar-refractivity contribution < 1.29 is 13.2 Å². The lowest BCUT2D eigenvalue weighted by molar-refractivity contribution is -0.126. The molecular weight excluding hydrogens is 360 g/mol. The summed E-state index contributed by atoms with van der Waals surface area (Å²) in [4.78, 5) is 14.4. The average molecular weight is 385 g/mol. The number of rotatable bonds is 5. The van der Waals surface area contributed by atoms with E-state index in [-0.39, 0.29) is 16.8 Å². The smallest absolute Gasteiger partial charge is 0.246 e. The topological polar surface area (TPSA) is 66.5 Å². The fourth-order valence-corrected chi connectivity index (χ4v) is 4.36. The maximum absolute atomic E-state index is 12.5. The number of hydrogen-bond acceptors (Lipinski definition) is 3. The molecule has 0 bridgehead atoms. The number of benzene rings is 2. The van der Waals surface area contributed by atoms with E-state index < -0.39 is 10.0 Å². The van der Waals surface area contributed by atoms with Gasteiger partial charge in [-0.15, -0.1) is 0 Å². The molecule has 1 fully saturated rings. The first-order valence-electron chi connectivity index (χ1n) is 9.05. The van der Waals surface area contributed by atoms with Crippen LogP contribution in [0, 0.1) is 6.92 Å². The Kier molecular flexibility index (Phi) is 6.08. The van der Waals surface area contributed by atoms with Gasteiger partial charge in [-0.1, -0.05) is 48.0 Å². The molecule has 0 saturated carbocycles. The van der Waals surface area contributed by atoms with Gasteiger partial charge in [0.25, 0.3) is 0 Å². The molecule has 27 heavy (non-hydrogen) atoms. The van der Waals surface area contributed by atoms with Crippen molar-refractivity contribution in [3.63, 3.8) is 0 Å². The zero-order valence-electron chi connectivity index (χ0n) is 15.3. The van der Waals surface area contributed by atoms with Crippen molar-refractivity contribution in [1.82, 2.24) is 9.62 Å². The van der Waals surface area contributed by atoms with E-state index in [1.165, 1.54) is 0 Å². The lowest BCUT2D eigenvalue weighted by Crippen LogP contribution is -2.46. The van der Waals surface area contributed by atoms with Crippen LogP contribution < -0.4 is 4.72 Å². The third-order valence-electron chi connectivity index (χ3n) is 4.68. The summed E-state index contributed by atoms with van der Waals surface area (Å²) in [5.41, 5.74) is 2.00. The van der Waals surface area contributed by atoms with E-state index in [4.69, 9.17) is 0 Å². The molecule has 1 aliphatic heterocycles. The molecule has 0 atom stereocenters. The molecule has 1 saturated heterocycles. The second-order valence-electron chi connectivity index (χ2n) is 6.78. The number of likely N-dealkylation sites (tertiary alicyclic amines) is 1. The van der Waals surface area contributed by atoms with Crippen molar-refractivity contribution in [2.75, 3.05) is 13.1 Å². The van der Waals surface area contributed by atoms with Gasteiger partial charge in [0, 0.05) is 25.2 Å². The Hall–Kier alpha value is -2.44. The van der Waals surface area contributed by atoms with Crippen LogP contribution in [0.5, 0.6) is 0 Å². The molecule has 1 amide bonds. The molecule has 142 valence electrons. The van der Waals surface area contributed by atoms with Crippen LogP contribution in [0.3, 0.4) is 0 Å². The number of sulfonamides is 1. The molecule has 1 heterocycles. The predicted molar refractivity (Wildman–Crippen MR) is 107 cm³/mol. The number of nitrogens with zero attached hydrogens (tertiary/aromatic N) is 1. The summed E-state index contributed by atoms with van der Waals surface area (Å²) in [5.74, 6) is -0.0429. The van der Waals surface area contributed by atoms with Crippen molar-refractivity contribution in [1.29, 1.82) is 0 Å². The lowest BCUT2D eigenvalue weighted by atomic mass is 10.1. The van der Waals surface area contributed by atoms with Gasteiger partial charge in [-0.05, 0) is 43.5 Å². The molecule has 3 rings (SSSR count). The van der Waals surface area contributed by atoms with Crippen LogP contribution in [0.2, 0.25) is 0 Å². The molecule has 5 nitrogen and oxygen atoms in total. The summed E-state index contributed by atoms with van der Waals surface area (Å²) in [6.45, 7) is 3.00. The van der Waals surface area contributed by atoms with E-state index in [0.717, 1.165) is 11.1 Å². The SMILES string of the molecule is Cc1ccc(S(=O)(=O)NC2CCN(C(=O)C=Cc3ccccc3)CC2)cc1. The second-order valence-corrected chi connectivity index (χ2v) is 8.49. The van der Waals surface area contributed by atoms with Gasteiger partial charge in [0.05, 0.1) is 4.90 Å². The highest BCUT2D eigenvalue weighted by Crippen LogP contribution is 2.16. The highest BCUT2D eigenvalue weighted by Gasteiger charge is 2.25. The maximum atomic E-state index is 12.5. The van der Waals surface area contributed by atoms with Crippen LogP contribution in [0.4, 0.5) is 0 Å². The number of hydrogen-bond donors (Lipinski definition) is 1. The van der Waals surface area contributed by atoms with Crippen LogP contribution in [0.15, 0.2) is 65.6 Å². The highest BCUT2D eigenvalue weighted by molar-refractivity contribution is 7.89. The maximum Gasteiger partial charge on any atom is 0.246 e. The van der Waals surface area contributed by atoms with Gasteiger partial charge >= 0.3 is 0 Å². The number of piperidine rings is 1. The Morgan fingerprint density at radius 3 is 2.30 bits per heavy atom. The first-order chi connectivity index (χ1) is 12.9. The third kappa shape index (κ3) is 5.28. The van der Waals surface area contributed by atoms with E-state index in [2.05, 4.69) is 4.72 Å². The summed E-state index contributed by atoms with van der Waals surface area (Å²) in [6, 6.07) is 16.3. The molecular formula is C21H24N2O3S. The predicted octanol–water partition coefficient (Wildman–Crippen LogP) is 2.98. The van der Waals surface area contributed by atoms with E-state index in [0.29, 0.717) is 25.9 Å². The fraction of sp³-hybridized carbons (Fsp3) is 0.286. The standard InChI is InChI=1S/C21H24N2O3S/c1-17-7-10-20(11-8-17)27(25,26)22-19-13-15-23(16-14-19)21(24)12-9-18-5-3-2-4-6-18/h2-12,19,22H,13-16H2,1H3. The highest BCUT2D eigenvalue weighted by atomic mass is 32.2. The fourth-order valence-electron chi connectivity index (χ4n) is 3.06. The number of carbonyl (C=O) groups is 1. The molecule has 0 spiro atoms. The van der Waals surface area contributed by atoms with Gasteiger partial charge in [-0.3, -0.25) is 4.79 Å². The zero-order chi connectivity index (χ0) is 19.3. The third-order valence-corrected chi connectivity index (χ3v) is 6.21. The largest absolute Gasteiger partial charge is 0.339 e. The normalized spacial score (nSPS) is 16.0. The molecule has 0 radical (unpaired) electrons. The molecule has 1 aliphatic rings. The molecule has 6 heteroatoms. The number of nitrogens with one attached hydrogen (secondary N) is 1. The van der Waals surface area contributed by atoms with Gasteiger partial charge in [-0.25, -0.2) is 13.1 Å². The van der Waals surface area contributed by atoms with Crippen LogP contribution >= 0.6 is 0 Å². The van der Waals surface area contributed by atoms with Gasteiger partial charge in [0.1, 0.15) is 0 Å². The van der Waals surface area contributed by atoms with Crippen molar-refractivity contribution in [3.8, 4) is 0 Å². The van der Waals surface area contributed by atoms with Crippen LogP contribution in [0.1, 0.15) is 24.0 Å². The Morgan fingerprint density at radius 2 is 1.67 bits per heavy atom. The summed E-state index contributed by atoms with van der Waals surface area (Å²) < 4.78 is 27.7. The average Bonchev–Trinajstić information content (AvgIpc) is 2.67. The number of aryl methyl sites for hydroxylation is 1. The minimum absolute atomic E-state index is 0.0429. The Balaban J connectivity index is 1.53. The minimum Gasteiger partial charge on any atom is -0.339 e. The zero-order valence-corrected chi connectivity index (χ0v) is 16.2. The number of amides is 1. The lowest BCUT2D eigenvalue weighted by Gasteiger charge is -2.31. The second kappa shape index (κ2) is 8.50. The van der Waals surface area contributed by atoms with Crippen LogP contribution in [-0.4, -0.2) is 38.4 Å². The van der Waals surface area contributed by atoms with Crippen molar-refractivity contribution >= 4 is 22.0 Å². The summed E-state index contributed by atoms with van der Waals surface area (Å²) in [7, 11) is -3.53. The van der Waals surface area contributed by atoms with Gasteiger partial charge < -0.3 is 4.90 Å². The minimum atomic E-state index is -3.53. The first-order valence-corrected chi connectivity index (χ1v) is 10.5. The summed E-state index contributed by atoms with van der Waals surface area (Å²) in [6.07, 6.45) is 4.59. The molecule has 2 aromatic rings. The first kappa shape index (κ1) is 19.3. The quantitative estimate of drug-likeness (QED) is 0.806. The van der Waals surface area contributed by atoms with E-state index >= 15 is 0 Å². The Bertz CT molecular complexity index is 898. The molecule has 0 aliphatic carbocycles. The van der Waals surface area contributed by atoms with E-state index in [1.54, 1.807) is 41.3 Å². The van der Waals surface area contributed by atoms with Crippen molar-refractivity contribution in [2.24, 2.45) is 0 Å². The van der Waals surface area contributed by atoms with Gasteiger partial charge in [0.15, 0.2) is 0 Å². The van der Waals surface area contributed by atoms with E-state index in [9.17, 15) is 13.2 Å². The molecule has 2 aromatic carbocycles. The Labute approximate surface area is 160 Å². The summed E-state index contributed by atoms with van der Waals surface area (Å²) in [5, 5.41) is 0. The van der Waals surface area contributed by atoms with Gasteiger partial charge in [0.2, 0.25) is 15.9 Å². The summed E-state index contributed by atoms with van der Waals surface area (Å²) >= 11 is 0. The van der Waals surface area contributed by atoms with Crippen LogP contribution in [0.25, 0.3) is 6.08 Å². The van der Waals surface area contributed by atoms with Crippen molar-refractivity contribution in [3.05, 3.63) is 71.8 Å². The van der Waals surface area contributed by atoms with Gasteiger partial charge in [-0.2, -0.15) is 0 Å². The van der Waals surface area contributed by atoms with E-state index in [1.807, 2.05) is 37.3 Å².